The average Bonchev–Trinajstić information content (AvgIpc) is 2.16. The zero-order chi connectivity index (χ0) is 9.84. The van der Waals surface area contributed by atoms with Gasteiger partial charge in [-0.3, -0.25) is 10.2 Å². The molecule has 1 aromatic rings. The van der Waals surface area contributed by atoms with Crippen molar-refractivity contribution < 1.29 is 9.53 Å². The molecule has 3 N–H and O–H groups in total. The van der Waals surface area contributed by atoms with E-state index in [1.54, 1.807) is 12.1 Å². The van der Waals surface area contributed by atoms with Gasteiger partial charge in [0.15, 0.2) is 0 Å². The van der Waals surface area contributed by atoms with Gasteiger partial charge in [-0.15, -0.1) is 12.4 Å². The maximum atomic E-state index is 11.2. The van der Waals surface area contributed by atoms with Gasteiger partial charge < -0.3 is 4.74 Å². The first-order valence-corrected chi connectivity index (χ1v) is 3.91. The fraction of sp³-hybridized carbons (Fsp3) is 0.125. The Morgan fingerprint density at radius 2 is 2.21 bits per heavy atom. The summed E-state index contributed by atoms with van der Waals surface area (Å²) in [5.41, 5.74) is 2.32. The maximum Gasteiger partial charge on any atom is 0.268 e. The van der Waals surface area contributed by atoms with Crippen LogP contribution in [0.4, 0.5) is 0 Å². The van der Waals surface area contributed by atoms with Gasteiger partial charge in [-0.25, -0.2) is 5.84 Å². The van der Waals surface area contributed by atoms with Crippen LogP contribution >= 0.6 is 24.0 Å². The van der Waals surface area contributed by atoms with Crippen molar-refractivity contribution in [1.82, 2.24) is 5.43 Å². The number of nitrogen functional groups attached to an aromatic ring is 1. The molecule has 1 aromatic carbocycles. The second kappa shape index (κ2) is 5.70. The second-order valence-electron chi connectivity index (χ2n) is 2.32. The largest absolute Gasteiger partial charge is 0.496 e. The van der Waals surface area contributed by atoms with Crippen LogP contribution in [-0.2, 0) is 0 Å². The molecule has 0 atom stereocenters. The third kappa shape index (κ3) is 2.77. The highest BCUT2D eigenvalue weighted by molar-refractivity contribution is 6.31. The Morgan fingerprint density at radius 3 is 2.71 bits per heavy atom. The molecule has 1 amide bonds. The van der Waals surface area contributed by atoms with E-state index >= 15 is 0 Å². The van der Waals surface area contributed by atoms with Gasteiger partial charge in [0.2, 0.25) is 0 Å². The van der Waals surface area contributed by atoms with Crippen molar-refractivity contribution >= 4 is 29.9 Å². The Balaban J connectivity index is 0.00000169. The number of ether oxygens (including phenoxy) is 1. The number of benzene rings is 1. The summed E-state index contributed by atoms with van der Waals surface area (Å²) in [6.07, 6.45) is 0. The number of halogens is 2. The van der Waals surface area contributed by atoms with E-state index in [0.29, 0.717) is 16.3 Å². The number of rotatable bonds is 2. The molecule has 0 radical (unpaired) electrons. The molecule has 0 aliphatic heterocycles. The minimum atomic E-state index is -0.431. The van der Waals surface area contributed by atoms with E-state index in [9.17, 15) is 4.79 Å². The van der Waals surface area contributed by atoms with Crippen molar-refractivity contribution in [2.75, 3.05) is 7.11 Å². The van der Waals surface area contributed by atoms with Crippen LogP contribution in [0.5, 0.6) is 5.75 Å². The molecule has 1 rings (SSSR count). The van der Waals surface area contributed by atoms with E-state index in [-0.39, 0.29) is 12.4 Å². The van der Waals surface area contributed by atoms with Crippen molar-refractivity contribution in [2.45, 2.75) is 0 Å². The second-order valence-corrected chi connectivity index (χ2v) is 2.75. The van der Waals surface area contributed by atoms with Crippen LogP contribution in [-0.4, -0.2) is 13.0 Å². The van der Waals surface area contributed by atoms with E-state index in [4.69, 9.17) is 22.2 Å². The van der Waals surface area contributed by atoms with Crippen LogP contribution in [0.1, 0.15) is 10.4 Å². The van der Waals surface area contributed by atoms with Gasteiger partial charge in [0.05, 0.1) is 12.7 Å². The molecule has 0 aliphatic rings. The Kier molecular flexibility index (Phi) is 5.30. The molecular weight excluding hydrogens is 227 g/mol. The topological polar surface area (TPSA) is 64.3 Å². The summed E-state index contributed by atoms with van der Waals surface area (Å²) in [7, 11) is 1.47. The number of methoxy groups -OCH3 is 1. The molecule has 0 aliphatic carbocycles. The zero-order valence-electron chi connectivity index (χ0n) is 7.41. The zero-order valence-corrected chi connectivity index (χ0v) is 8.98. The monoisotopic (exact) mass is 236 g/mol. The van der Waals surface area contributed by atoms with Crippen molar-refractivity contribution in [2.24, 2.45) is 5.84 Å². The van der Waals surface area contributed by atoms with Crippen LogP contribution in [0.3, 0.4) is 0 Å². The quantitative estimate of drug-likeness (QED) is 0.464. The van der Waals surface area contributed by atoms with E-state index in [2.05, 4.69) is 0 Å². The molecule has 4 nitrogen and oxygen atoms in total. The number of nitrogens with one attached hydrogen (secondary N) is 1. The minimum Gasteiger partial charge on any atom is -0.496 e. The van der Waals surface area contributed by atoms with Crippen LogP contribution in [0.25, 0.3) is 0 Å². The maximum absolute atomic E-state index is 11.2. The standard InChI is InChI=1S/C8H9ClN2O2.ClH/c1-13-7-3-2-5(9)4-6(7)8(12)11-10;/h2-4H,10H2,1H3,(H,11,12);1H. The molecule has 14 heavy (non-hydrogen) atoms. The fourth-order valence-corrected chi connectivity index (χ4v) is 1.11. The molecule has 0 saturated heterocycles. The lowest BCUT2D eigenvalue weighted by Gasteiger charge is -2.06. The van der Waals surface area contributed by atoms with Crippen molar-refractivity contribution in [3.63, 3.8) is 0 Å². The summed E-state index contributed by atoms with van der Waals surface area (Å²) in [5.74, 6) is 4.99. The molecule has 0 unspecified atom stereocenters. The Labute approximate surface area is 92.8 Å². The van der Waals surface area contributed by atoms with E-state index in [1.807, 2.05) is 5.43 Å². The highest BCUT2D eigenvalue weighted by Crippen LogP contribution is 2.21. The van der Waals surface area contributed by atoms with Gasteiger partial charge >= 0.3 is 0 Å². The molecule has 0 bridgehead atoms. The van der Waals surface area contributed by atoms with Crippen LogP contribution < -0.4 is 16.0 Å². The number of carbonyl (C=O) groups is 1. The predicted octanol–water partition coefficient (Wildman–Crippen LogP) is 1.37. The molecule has 0 heterocycles. The first-order chi connectivity index (χ1) is 6.19. The smallest absolute Gasteiger partial charge is 0.268 e. The van der Waals surface area contributed by atoms with Gasteiger partial charge in [0.25, 0.3) is 5.91 Å². The summed E-state index contributed by atoms with van der Waals surface area (Å²) in [6.45, 7) is 0. The van der Waals surface area contributed by atoms with E-state index < -0.39 is 5.91 Å². The molecular formula is C8H10Cl2N2O2. The molecule has 6 heteroatoms. The molecule has 0 aromatic heterocycles. The first kappa shape index (κ1) is 13.0. The SMILES string of the molecule is COc1ccc(Cl)cc1C(=O)NN.Cl. The number of hydrogen-bond donors (Lipinski definition) is 2. The van der Waals surface area contributed by atoms with E-state index in [0.717, 1.165) is 0 Å². The Hall–Kier alpha value is -0.970. The number of nitrogens with two attached hydrogens (primary N) is 1. The lowest BCUT2D eigenvalue weighted by molar-refractivity contribution is 0.0950. The van der Waals surface area contributed by atoms with Crippen LogP contribution in [0, 0.1) is 0 Å². The summed E-state index contributed by atoms with van der Waals surface area (Å²) >= 11 is 5.70. The normalized spacial score (nSPS) is 8.79. The summed E-state index contributed by atoms with van der Waals surface area (Å²) < 4.78 is 4.95. The molecule has 0 fully saturated rings. The van der Waals surface area contributed by atoms with Gasteiger partial charge in [-0.05, 0) is 18.2 Å². The highest BCUT2D eigenvalue weighted by Gasteiger charge is 2.10. The lowest BCUT2D eigenvalue weighted by atomic mass is 10.2. The van der Waals surface area contributed by atoms with Crippen molar-refractivity contribution in [3.8, 4) is 5.75 Å². The predicted molar refractivity (Wildman–Crippen MR) is 56.9 cm³/mol. The minimum absolute atomic E-state index is 0. The molecule has 78 valence electrons. The third-order valence-corrected chi connectivity index (χ3v) is 1.77. The molecule has 0 spiro atoms. The van der Waals surface area contributed by atoms with Crippen molar-refractivity contribution in [3.05, 3.63) is 28.8 Å². The van der Waals surface area contributed by atoms with Gasteiger partial charge in [-0.1, -0.05) is 11.6 Å². The van der Waals surface area contributed by atoms with Crippen LogP contribution in [0.15, 0.2) is 18.2 Å². The third-order valence-electron chi connectivity index (χ3n) is 1.54. The number of hydrogen-bond acceptors (Lipinski definition) is 3. The number of amides is 1. The Morgan fingerprint density at radius 1 is 1.57 bits per heavy atom. The van der Waals surface area contributed by atoms with Gasteiger partial charge in [-0.2, -0.15) is 0 Å². The summed E-state index contributed by atoms with van der Waals surface area (Å²) in [6, 6.07) is 4.73. The Bertz CT molecular complexity index is 331. The summed E-state index contributed by atoms with van der Waals surface area (Å²) in [5, 5.41) is 0.458. The summed E-state index contributed by atoms with van der Waals surface area (Å²) in [4.78, 5) is 11.2. The average molecular weight is 237 g/mol. The van der Waals surface area contributed by atoms with Crippen molar-refractivity contribution in [1.29, 1.82) is 0 Å². The highest BCUT2D eigenvalue weighted by atomic mass is 35.5. The van der Waals surface area contributed by atoms with E-state index in [1.165, 1.54) is 13.2 Å². The van der Waals surface area contributed by atoms with Gasteiger partial charge in [0.1, 0.15) is 5.75 Å². The fourth-order valence-electron chi connectivity index (χ4n) is 0.935. The first-order valence-electron chi connectivity index (χ1n) is 3.53. The number of carbonyl (C=O) groups excluding carboxylic acids is 1. The van der Waals surface area contributed by atoms with Crippen LogP contribution in [0.2, 0.25) is 5.02 Å². The number of hydrazine groups is 1. The lowest BCUT2D eigenvalue weighted by Crippen LogP contribution is -2.30. The van der Waals surface area contributed by atoms with Gasteiger partial charge in [0, 0.05) is 5.02 Å². The molecule has 0 saturated carbocycles.